The molecule has 1 aromatic heterocycles. The minimum absolute atomic E-state index is 0.306. The minimum Gasteiger partial charge on any atom is -0.480 e. The number of imidazole rings is 1. The molecule has 0 radical (unpaired) electrons. The van der Waals surface area contributed by atoms with E-state index >= 15 is 0 Å². The van der Waals surface area contributed by atoms with Gasteiger partial charge in [-0.3, -0.25) is 4.79 Å². The van der Waals surface area contributed by atoms with Gasteiger partial charge in [0.15, 0.2) is 0 Å². The summed E-state index contributed by atoms with van der Waals surface area (Å²) in [6, 6.07) is 0. The summed E-state index contributed by atoms with van der Waals surface area (Å²) in [7, 11) is 1.94. The predicted molar refractivity (Wildman–Crippen MR) is 41.6 cm³/mol. The molecule has 0 unspecified atom stereocenters. The number of nitrogens with zero attached hydrogens (tertiary/aromatic N) is 2. The number of alkyl halides is 1. The number of rotatable bonds is 1. The first-order valence-corrected chi connectivity index (χ1v) is 3.40. The lowest BCUT2D eigenvalue weighted by Crippen LogP contribution is -1.92. The summed E-state index contributed by atoms with van der Waals surface area (Å²) in [5.74, 6) is -1.29. The first-order valence-electron chi connectivity index (χ1n) is 2.86. The van der Waals surface area contributed by atoms with Gasteiger partial charge in [0.2, 0.25) is 0 Å². The van der Waals surface area contributed by atoms with Crippen LogP contribution in [-0.2, 0) is 11.8 Å². The second kappa shape index (κ2) is 5.73. The molecule has 62 valence electrons. The molecule has 0 bridgehead atoms. The number of aliphatic carboxylic acids is 1. The summed E-state index contributed by atoms with van der Waals surface area (Å²) in [5, 5.41) is 7.59. The van der Waals surface area contributed by atoms with Crippen molar-refractivity contribution in [2.75, 3.05) is 5.88 Å². The third kappa shape index (κ3) is 6.86. The Morgan fingerprint density at radius 1 is 1.82 bits per heavy atom. The molecule has 0 amide bonds. The van der Waals surface area contributed by atoms with Gasteiger partial charge in [-0.2, -0.15) is 0 Å². The van der Waals surface area contributed by atoms with E-state index in [2.05, 4.69) is 4.98 Å². The van der Waals surface area contributed by atoms with Gasteiger partial charge in [-0.15, -0.1) is 11.6 Å². The SMILES string of the molecule is Cn1ccnc1.O=C(O)CCl. The van der Waals surface area contributed by atoms with Crippen molar-refractivity contribution in [2.24, 2.45) is 7.05 Å². The highest BCUT2D eigenvalue weighted by Crippen LogP contribution is 1.73. The van der Waals surface area contributed by atoms with E-state index in [1.54, 1.807) is 12.5 Å². The first kappa shape index (κ1) is 9.97. The number of halogens is 1. The fourth-order valence-corrected chi connectivity index (χ4v) is 0.326. The molecule has 0 aliphatic rings. The fourth-order valence-electron chi connectivity index (χ4n) is 0.326. The van der Waals surface area contributed by atoms with Gasteiger partial charge in [0.1, 0.15) is 5.88 Å². The quantitative estimate of drug-likeness (QED) is 0.642. The van der Waals surface area contributed by atoms with E-state index in [1.165, 1.54) is 0 Å². The van der Waals surface area contributed by atoms with Gasteiger partial charge in [0, 0.05) is 19.4 Å². The van der Waals surface area contributed by atoms with Crippen LogP contribution in [0.1, 0.15) is 0 Å². The molecule has 1 heterocycles. The maximum Gasteiger partial charge on any atom is 0.318 e. The Morgan fingerprint density at radius 2 is 2.36 bits per heavy atom. The lowest BCUT2D eigenvalue weighted by Gasteiger charge is -1.76. The molecule has 0 spiro atoms. The highest BCUT2D eigenvalue weighted by Gasteiger charge is 1.83. The van der Waals surface area contributed by atoms with Crippen molar-refractivity contribution in [1.82, 2.24) is 9.55 Å². The number of aromatic nitrogens is 2. The molecule has 1 aromatic rings. The van der Waals surface area contributed by atoms with Crippen LogP contribution in [-0.4, -0.2) is 26.5 Å². The zero-order chi connectivity index (χ0) is 8.69. The molecule has 0 atom stereocenters. The molecular weight excluding hydrogens is 168 g/mol. The summed E-state index contributed by atoms with van der Waals surface area (Å²) in [6.45, 7) is 0. The van der Waals surface area contributed by atoms with Gasteiger partial charge < -0.3 is 9.67 Å². The molecule has 0 saturated heterocycles. The summed E-state index contributed by atoms with van der Waals surface area (Å²) in [6.07, 6.45) is 5.39. The van der Waals surface area contributed by atoms with Crippen LogP contribution in [0.5, 0.6) is 0 Å². The van der Waals surface area contributed by atoms with E-state index in [1.807, 2.05) is 17.8 Å². The van der Waals surface area contributed by atoms with Crippen molar-refractivity contribution in [3.05, 3.63) is 18.7 Å². The van der Waals surface area contributed by atoms with Crippen molar-refractivity contribution in [3.63, 3.8) is 0 Å². The molecule has 1 rings (SSSR count). The molecule has 0 fully saturated rings. The van der Waals surface area contributed by atoms with Gasteiger partial charge in [-0.05, 0) is 0 Å². The summed E-state index contributed by atoms with van der Waals surface area (Å²) in [5.41, 5.74) is 0. The van der Waals surface area contributed by atoms with Gasteiger partial charge in [-0.1, -0.05) is 0 Å². The van der Waals surface area contributed by atoms with Gasteiger partial charge in [0.25, 0.3) is 0 Å². The molecule has 0 aliphatic heterocycles. The lowest BCUT2D eigenvalue weighted by atomic mass is 10.8. The van der Waals surface area contributed by atoms with Crippen molar-refractivity contribution >= 4 is 17.6 Å². The number of hydrogen-bond acceptors (Lipinski definition) is 2. The monoisotopic (exact) mass is 176 g/mol. The average Bonchev–Trinajstić information content (AvgIpc) is 2.41. The zero-order valence-electron chi connectivity index (χ0n) is 6.07. The Balaban J connectivity index is 0.000000187. The Bertz CT molecular complexity index is 198. The average molecular weight is 177 g/mol. The third-order valence-corrected chi connectivity index (χ3v) is 0.980. The van der Waals surface area contributed by atoms with Crippen molar-refractivity contribution < 1.29 is 9.90 Å². The molecule has 1 N–H and O–H groups in total. The third-order valence-electron chi connectivity index (χ3n) is 0.751. The number of aryl methyl sites for hydroxylation is 1. The van der Waals surface area contributed by atoms with Crippen LogP contribution >= 0.6 is 11.6 Å². The van der Waals surface area contributed by atoms with Crippen molar-refractivity contribution in [1.29, 1.82) is 0 Å². The molecule has 0 saturated carbocycles. The molecular formula is C6H9ClN2O2. The molecule has 5 heteroatoms. The van der Waals surface area contributed by atoms with E-state index in [9.17, 15) is 4.79 Å². The largest absolute Gasteiger partial charge is 0.480 e. The van der Waals surface area contributed by atoms with E-state index in [0.29, 0.717) is 0 Å². The maximum atomic E-state index is 9.24. The highest BCUT2D eigenvalue weighted by molar-refractivity contribution is 6.26. The summed E-state index contributed by atoms with van der Waals surface area (Å²) < 4.78 is 1.89. The van der Waals surface area contributed by atoms with Crippen molar-refractivity contribution in [2.45, 2.75) is 0 Å². The fraction of sp³-hybridized carbons (Fsp3) is 0.333. The van der Waals surface area contributed by atoms with Crippen LogP contribution in [0.25, 0.3) is 0 Å². The highest BCUT2D eigenvalue weighted by atomic mass is 35.5. The van der Waals surface area contributed by atoms with Crippen molar-refractivity contribution in [3.8, 4) is 0 Å². The number of carboxylic acid groups (broad SMARTS) is 1. The van der Waals surface area contributed by atoms with Crippen LogP contribution in [0, 0.1) is 0 Å². The molecule has 11 heavy (non-hydrogen) atoms. The predicted octanol–water partition coefficient (Wildman–Crippen LogP) is 0.730. The maximum absolute atomic E-state index is 9.24. The Hall–Kier alpha value is -1.03. The van der Waals surface area contributed by atoms with E-state index in [-0.39, 0.29) is 5.88 Å². The lowest BCUT2D eigenvalue weighted by molar-refractivity contribution is -0.134. The second-order valence-corrected chi connectivity index (χ2v) is 2.02. The Kier molecular flexibility index (Phi) is 5.20. The molecule has 0 aliphatic carbocycles. The summed E-state index contributed by atoms with van der Waals surface area (Å²) >= 11 is 4.74. The van der Waals surface area contributed by atoms with Crippen LogP contribution in [0.15, 0.2) is 18.7 Å². The molecule has 4 nitrogen and oxygen atoms in total. The normalized spacial score (nSPS) is 8.18. The second-order valence-electron chi connectivity index (χ2n) is 1.76. The number of hydrogen-bond donors (Lipinski definition) is 1. The first-order chi connectivity index (χ1) is 5.16. The number of carbonyl (C=O) groups is 1. The van der Waals surface area contributed by atoms with E-state index in [4.69, 9.17) is 16.7 Å². The van der Waals surface area contributed by atoms with Crippen LogP contribution < -0.4 is 0 Å². The minimum atomic E-state index is -0.980. The van der Waals surface area contributed by atoms with E-state index < -0.39 is 5.97 Å². The smallest absolute Gasteiger partial charge is 0.318 e. The van der Waals surface area contributed by atoms with Gasteiger partial charge in [0.05, 0.1) is 6.33 Å². The summed E-state index contributed by atoms with van der Waals surface area (Å²) in [4.78, 5) is 13.0. The topological polar surface area (TPSA) is 55.1 Å². The Labute approximate surface area is 69.4 Å². The van der Waals surface area contributed by atoms with Gasteiger partial charge >= 0.3 is 5.97 Å². The molecule has 0 aromatic carbocycles. The van der Waals surface area contributed by atoms with Gasteiger partial charge in [-0.25, -0.2) is 4.98 Å². The van der Waals surface area contributed by atoms with Crippen LogP contribution in [0.2, 0.25) is 0 Å². The van der Waals surface area contributed by atoms with E-state index in [0.717, 1.165) is 0 Å². The van der Waals surface area contributed by atoms with Crippen LogP contribution in [0.4, 0.5) is 0 Å². The Morgan fingerprint density at radius 3 is 2.45 bits per heavy atom. The standard InChI is InChI=1S/C4H6N2.C2H3ClO2/c1-6-3-2-5-4-6;3-1-2(4)5/h2-4H,1H3;1H2,(H,4,5). The van der Waals surface area contributed by atoms with Crippen LogP contribution in [0.3, 0.4) is 0 Å². The number of carboxylic acids is 1. The zero-order valence-corrected chi connectivity index (χ0v) is 6.82.